The summed E-state index contributed by atoms with van der Waals surface area (Å²) in [5, 5.41) is 18.9. The number of aliphatic hydroxyl groups is 1. The summed E-state index contributed by atoms with van der Waals surface area (Å²) in [6, 6.07) is 8.73. The summed E-state index contributed by atoms with van der Waals surface area (Å²) in [6.07, 6.45) is 2.54. The van der Waals surface area contributed by atoms with Crippen LogP contribution >= 0.6 is 11.3 Å². The summed E-state index contributed by atoms with van der Waals surface area (Å²) in [5.74, 6) is 0.175. The molecule has 0 saturated carbocycles. The zero-order valence-electron chi connectivity index (χ0n) is 11.9. The molecule has 1 fully saturated rings. The number of hydrogen-bond donors (Lipinski definition) is 1. The Balaban J connectivity index is 1.79. The van der Waals surface area contributed by atoms with Crippen molar-refractivity contribution in [3.63, 3.8) is 0 Å². The van der Waals surface area contributed by atoms with E-state index in [1.54, 1.807) is 30.5 Å². The first-order chi connectivity index (χ1) is 10.7. The Kier molecular flexibility index (Phi) is 4.18. The third kappa shape index (κ3) is 2.86. The van der Waals surface area contributed by atoms with Gasteiger partial charge in [0.05, 0.1) is 22.7 Å². The molecule has 6 heteroatoms. The lowest BCUT2D eigenvalue weighted by atomic mass is 10.1. The van der Waals surface area contributed by atoms with E-state index in [0.29, 0.717) is 16.0 Å². The van der Waals surface area contributed by atoms with Gasteiger partial charge >= 0.3 is 0 Å². The van der Waals surface area contributed by atoms with Crippen LogP contribution in [0.2, 0.25) is 0 Å². The highest BCUT2D eigenvalue weighted by molar-refractivity contribution is 7.17. The number of benzene rings is 1. The van der Waals surface area contributed by atoms with E-state index >= 15 is 0 Å². The molecular formula is C16H15N3O2S. The molecule has 1 saturated heterocycles. The van der Waals surface area contributed by atoms with Gasteiger partial charge in [0.15, 0.2) is 5.13 Å². The van der Waals surface area contributed by atoms with E-state index in [1.807, 2.05) is 6.07 Å². The van der Waals surface area contributed by atoms with Crippen molar-refractivity contribution >= 4 is 22.3 Å². The van der Waals surface area contributed by atoms with Gasteiger partial charge in [-0.3, -0.25) is 4.79 Å². The molecule has 22 heavy (non-hydrogen) atoms. The van der Waals surface area contributed by atoms with Gasteiger partial charge in [-0.15, -0.1) is 0 Å². The van der Waals surface area contributed by atoms with Crippen LogP contribution in [0.25, 0.3) is 0 Å². The normalized spacial score (nSPS) is 17.5. The Labute approximate surface area is 132 Å². The molecule has 3 rings (SSSR count). The average molecular weight is 313 g/mol. The van der Waals surface area contributed by atoms with Gasteiger partial charge in [-0.2, -0.15) is 5.26 Å². The average Bonchev–Trinajstić information content (AvgIpc) is 3.22. The first-order valence-electron chi connectivity index (χ1n) is 7.07. The van der Waals surface area contributed by atoms with Crippen molar-refractivity contribution in [1.82, 2.24) is 4.98 Å². The van der Waals surface area contributed by atoms with Crippen LogP contribution in [-0.4, -0.2) is 35.6 Å². The molecule has 1 aliphatic rings. The van der Waals surface area contributed by atoms with Crippen LogP contribution in [0.15, 0.2) is 30.5 Å². The van der Waals surface area contributed by atoms with Crippen LogP contribution in [-0.2, 0) is 0 Å². The topological polar surface area (TPSA) is 77.2 Å². The quantitative estimate of drug-likeness (QED) is 0.874. The van der Waals surface area contributed by atoms with Gasteiger partial charge in [0.1, 0.15) is 0 Å². The Morgan fingerprint density at radius 2 is 2.41 bits per heavy atom. The zero-order valence-corrected chi connectivity index (χ0v) is 12.7. The molecule has 1 aromatic carbocycles. The first-order valence-corrected chi connectivity index (χ1v) is 7.89. The van der Waals surface area contributed by atoms with Crippen LogP contribution in [0, 0.1) is 17.2 Å². The van der Waals surface area contributed by atoms with Gasteiger partial charge < -0.3 is 10.0 Å². The Morgan fingerprint density at radius 3 is 3.14 bits per heavy atom. The minimum absolute atomic E-state index is 0.112. The maximum atomic E-state index is 12.5. The van der Waals surface area contributed by atoms with Crippen molar-refractivity contribution in [3.8, 4) is 6.07 Å². The van der Waals surface area contributed by atoms with Gasteiger partial charge in [-0.25, -0.2) is 4.98 Å². The van der Waals surface area contributed by atoms with Crippen LogP contribution in [0.5, 0.6) is 0 Å². The number of rotatable bonds is 4. The Morgan fingerprint density at radius 1 is 1.55 bits per heavy atom. The summed E-state index contributed by atoms with van der Waals surface area (Å²) in [7, 11) is 0. The molecule has 5 nitrogen and oxygen atoms in total. The molecular weight excluding hydrogens is 298 g/mol. The third-order valence-electron chi connectivity index (χ3n) is 3.79. The van der Waals surface area contributed by atoms with Crippen molar-refractivity contribution in [3.05, 3.63) is 46.5 Å². The predicted molar refractivity (Wildman–Crippen MR) is 84.1 cm³/mol. The van der Waals surface area contributed by atoms with Gasteiger partial charge in [0.25, 0.3) is 0 Å². The van der Waals surface area contributed by atoms with E-state index in [-0.39, 0.29) is 18.3 Å². The highest BCUT2D eigenvalue weighted by Gasteiger charge is 2.25. The Bertz CT molecular complexity index is 735. The lowest BCUT2D eigenvalue weighted by Crippen LogP contribution is -2.20. The molecule has 1 aromatic heterocycles. The molecule has 0 bridgehead atoms. The van der Waals surface area contributed by atoms with E-state index in [1.165, 1.54) is 11.3 Å². The van der Waals surface area contributed by atoms with Crippen molar-refractivity contribution < 1.29 is 9.90 Å². The third-order valence-corrected chi connectivity index (χ3v) is 4.84. The molecule has 0 spiro atoms. The summed E-state index contributed by atoms with van der Waals surface area (Å²) in [5.41, 5.74) is 0.977. The number of aliphatic hydroxyl groups excluding tert-OH is 1. The van der Waals surface area contributed by atoms with Gasteiger partial charge in [0.2, 0.25) is 5.78 Å². The minimum atomic E-state index is -0.112. The molecule has 112 valence electrons. The van der Waals surface area contributed by atoms with E-state index in [4.69, 9.17) is 5.26 Å². The highest BCUT2D eigenvalue weighted by Crippen LogP contribution is 2.29. The molecule has 2 aromatic rings. The fourth-order valence-corrected chi connectivity index (χ4v) is 3.46. The van der Waals surface area contributed by atoms with Crippen LogP contribution in [0.3, 0.4) is 0 Å². The second kappa shape index (κ2) is 6.26. The second-order valence-corrected chi connectivity index (χ2v) is 6.32. The van der Waals surface area contributed by atoms with Gasteiger partial charge in [0, 0.05) is 31.2 Å². The minimum Gasteiger partial charge on any atom is -0.396 e. The van der Waals surface area contributed by atoms with Crippen molar-refractivity contribution in [2.24, 2.45) is 5.92 Å². The number of hydrogen-bond acceptors (Lipinski definition) is 6. The van der Waals surface area contributed by atoms with Crippen molar-refractivity contribution in [2.45, 2.75) is 6.42 Å². The van der Waals surface area contributed by atoms with Crippen molar-refractivity contribution in [1.29, 1.82) is 5.26 Å². The van der Waals surface area contributed by atoms with Gasteiger partial charge in [-0.1, -0.05) is 23.5 Å². The monoisotopic (exact) mass is 313 g/mol. The fourth-order valence-electron chi connectivity index (χ4n) is 2.54. The fraction of sp³-hybridized carbons (Fsp3) is 0.312. The second-order valence-electron chi connectivity index (χ2n) is 5.31. The first kappa shape index (κ1) is 14.7. The summed E-state index contributed by atoms with van der Waals surface area (Å²) < 4.78 is 0. The number of thiazole rings is 1. The van der Waals surface area contributed by atoms with E-state index < -0.39 is 0 Å². The van der Waals surface area contributed by atoms with Crippen LogP contribution in [0.4, 0.5) is 5.13 Å². The number of carbonyl (C=O) groups excluding carboxylic acids is 1. The van der Waals surface area contributed by atoms with Crippen molar-refractivity contribution in [2.75, 3.05) is 24.6 Å². The lowest BCUT2D eigenvalue weighted by molar-refractivity contribution is 0.104. The zero-order chi connectivity index (χ0) is 15.5. The van der Waals surface area contributed by atoms with Crippen LogP contribution in [0.1, 0.15) is 27.2 Å². The maximum Gasteiger partial charge on any atom is 0.204 e. The van der Waals surface area contributed by atoms with Crippen LogP contribution < -0.4 is 4.90 Å². The van der Waals surface area contributed by atoms with E-state index in [9.17, 15) is 9.90 Å². The molecule has 1 aliphatic heterocycles. The molecule has 0 unspecified atom stereocenters. The molecule has 0 radical (unpaired) electrons. The lowest BCUT2D eigenvalue weighted by Gasteiger charge is -2.13. The van der Waals surface area contributed by atoms with E-state index in [0.717, 1.165) is 24.6 Å². The highest BCUT2D eigenvalue weighted by atomic mass is 32.1. The smallest absolute Gasteiger partial charge is 0.204 e. The Hall–Kier alpha value is -2.23. The number of nitrogens with zero attached hydrogens (tertiary/aromatic N) is 3. The SMILES string of the molecule is N#Cc1cccc(C(=O)c2cnc(N3CC[C@H](CO)C3)s2)c1. The molecule has 1 N–H and O–H groups in total. The summed E-state index contributed by atoms with van der Waals surface area (Å²) in [6.45, 7) is 1.83. The number of aromatic nitrogens is 1. The molecule has 1 atom stereocenters. The largest absolute Gasteiger partial charge is 0.396 e. The molecule has 0 aliphatic carbocycles. The number of ketones is 1. The molecule has 0 amide bonds. The summed E-state index contributed by atoms with van der Waals surface area (Å²) >= 11 is 1.36. The summed E-state index contributed by atoms with van der Waals surface area (Å²) in [4.78, 5) is 19.5. The van der Waals surface area contributed by atoms with Gasteiger partial charge in [-0.05, 0) is 18.6 Å². The van der Waals surface area contributed by atoms with E-state index in [2.05, 4.69) is 9.88 Å². The number of anilines is 1. The number of nitriles is 1. The maximum absolute atomic E-state index is 12.5. The number of carbonyl (C=O) groups is 1. The predicted octanol–water partition coefficient (Wildman–Crippen LogP) is 2.06. The molecule has 2 heterocycles. The standard InChI is InChI=1S/C16H15N3O2S/c17-7-11-2-1-3-13(6-11)15(21)14-8-18-16(22-14)19-5-4-12(9-19)10-20/h1-3,6,8,12,20H,4-5,9-10H2/t12-/m0/s1.